The third-order valence-electron chi connectivity index (χ3n) is 8.80. The molecule has 2 unspecified atom stereocenters. The minimum absolute atomic E-state index is 0.117. The summed E-state index contributed by atoms with van der Waals surface area (Å²) in [6, 6.07) is 22.1. The van der Waals surface area contributed by atoms with Crippen LogP contribution < -0.4 is 15.0 Å². The van der Waals surface area contributed by atoms with E-state index in [1.165, 1.54) is 0 Å². The maximum absolute atomic E-state index is 13.7. The fraction of sp³-hybridized carbons (Fsp3) is 0.415. The molecule has 0 saturated carbocycles. The molecule has 0 radical (unpaired) electrons. The van der Waals surface area contributed by atoms with E-state index in [-0.39, 0.29) is 11.2 Å². The first-order valence-corrected chi connectivity index (χ1v) is 19.3. The van der Waals surface area contributed by atoms with Crippen LogP contribution in [0.2, 0.25) is 0 Å². The highest BCUT2D eigenvalue weighted by Gasteiger charge is 2.22. The van der Waals surface area contributed by atoms with Gasteiger partial charge in [0.05, 0.1) is 34.7 Å². The number of benzene rings is 3. The summed E-state index contributed by atoms with van der Waals surface area (Å²) >= 11 is 0. The lowest BCUT2D eigenvalue weighted by Gasteiger charge is -2.30. The number of hydrogen-bond donors (Lipinski definition) is 2. The van der Waals surface area contributed by atoms with Crippen LogP contribution in [0.15, 0.2) is 89.7 Å². The third-order valence-corrected chi connectivity index (χ3v) is 10.5. The molecule has 1 amide bonds. The van der Waals surface area contributed by atoms with Crippen molar-refractivity contribution in [2.24, 2.45) is 5.92 Å². The van der Waals surface area contributed by atoms with Gasteiger partial charge in [0, 0.05) is 47.7 Å². The van der Waals surface area contributed by atoms with Gasteiger partial charge in [-0.2, -0.15) is 0 Å². The predicted molar refractivity (Wildman–Crippen MR) is 205 cm³/mol. The molecule has 0 fully saturated rings. The quantitative estimate of drug-likeness (QED) is 0.107. The van der Waals surface area contributed by atoms with E-state index in [1.807, 2.05) is 36.4 Å². The number of H-pyrrole nitrogens is 1. The summed E-state index contributed by atoms with van der Waals surface area (Å²) in [6.07, 6.45) is 10.9. The first-order valence-electron chi connectivity index (χ1n) is 18.1. The number of aromatic nitrogens is 2. The number of unbranched alkanes of at least 4 members (excludes halogenated alkanes) is 1. The van der Waals surface area contributed by atoms with Gasteiger partial charge in [-0.05, 0) is 103 Å². The van der Waals surface area contributed by atoms with Crippen molar-refractivity contribution in [3.63, 3.8) is 0 Å². The number of nitrogens with one attached hydrogen (secondary N) is 2. The zero-order valence-corrected chi connectivity index (χ0v) is 30.8. The monoisotopic (exact) mass is 696 g/mol. The molecular formula is C41H52N4O4S. The second-order valence-corrected chi connectivity index (χ2v) is 14.9. The molecule has 8 nitrogen and oxygen atoms in total. The molecule has 2 N–H and O–H groups in total. The van der Waals surface area contributed by atoms with E-state index in [1.54, 1.807) is 12.5 Å². The summed E-state index contributed by atoms with van der Waals surface area (Å²) in [5.74, 6) is 1.21. The number of ether oxygens (including phenoxy) is 2. The van der Waals surface area contributed by atoms with Crippen molar-refractivity contribution in [1.82, 2.24) is 9.97 Å². The minimum Gasteiger partial charge on any atom is -0.491 e. The van der Waals surface area contributed by atoms with Crippen LogP contribution in [0.1, 0.15) is 82.7 Å². The van der Waals surface area contributed by atoms with E-state index in [0.29, 0.717) is 31.2 Å². The maximum atomic E-state index is 13.7. The zero-order valence-electron chi connectivity index (χ0n) is 30.0. The lowest BCUT2D eigenvalue weighted by Crippen LogP contribution is -2.30. The number of anilines is 2. The molecule has 1 aromatic heterocycles. The molecule has 4 aromatic rings. The summed E-state index contributed by atoms with van der Waals surface area (Å²) in [7, 11) is -1.25. The van der Waals surface area contributed by atoms with Gasteiger partial charge in [-0.25, -0.2) is 4.98 Å². The molecule has 1 aliphatic heterocycles. The summed E-state index contributed by atoms with van der Waals surface area (Å²) in [6.45, 7) is 12.4. The van der Waals surface area contributed by atoms with Crippen LogP contribution in [0.25, 0.3) is 17.2 Å². The van der Waals surface area contributed by atoms with E-state index < -0.39 is 10.8 Å². The van der Waals surface area contributed by atoms with Gasteiger partial charge in [0.1, 0.15) is 12.4 Å². The standard InChI is InChI=1S/C41H52N4O4S/c1-5-7-22-48-23-24-49-36-16-11-31(12-17-36)32-13-20-39-34(25-32)26-33(10-8-21-45(39)28-30(3)4)41(46)44-35-14-18-37(19-15-35)50(47)40(9-6-2)38-27-42-29-43-38/h11-20,25-27,29-30,40H,5-10,21-24,28H2,1-4H3,(H,42,43)(H,44,46). The second kappa shape index (κ2) is 18.7. The Labute approximate surface area is 300 Å². The van der Waals surface area contributed by atoms with Crippen LogP contribution in [-0.2, 0) is 20.3 Å². The molecule has 266 valence electrons. The number of rotatable bonds is 17. The maximum Gasteiger partial charge on any atom is 0.251 e. The predicted octanol–water partition coefficient (Wildman–Crippen LogP) is 9.20. The number of imidazole rings is 1. The Morgan fingerprint density at radius 3 is 2.46 bits per heavy atom. The Bertz CT molecular complexity index is 1700. The number of carbonyl (C=O) groups excluding carboxylic acids is 1. The summed E-state index contributed by atoms with van der Waals surface area (Å²) in [4.78, 5) is 24.2. The van der Waals surface area contributed by atoms with Gasteiger partial charge in [-0.15, -0.1) is 0 Å². The Kier molecular flexibility index (Phi) is 13.9. The smallest absolute Gasteiger partial charge is 0.251 e. The van der Waals surface area contributed by atoms with Gasteiger partial charge in [-0.1, -0.05) is 58.7 Å². The van der Waals surface area contributed by atoms with Crippen LogP contribution in [0.4, 0.5) is 11.4 Å². The van der Waals surface area contributed by atoms with Crippen molar-refractivity contribution in [3.05, 3.63) is 96.1 Å². The van der Waals surface area contributed by atoms with E-state index in [2.05, 4.69) is 84.3 Å². The molecule has 0 bridgehead atoms. The first kappa shape index (κ1) is 37.1. The highest BCUT2D eigenvalue weighted by molar-refractivity contribution is 7.85. The molecule has 2 heterocycles. The Balaban J connectivity index is 1.32. The number of carbonyl (C=O) groups is 1. The molecule has 3 aromatic carbocycles. The average molecular weight is 697 g/mol. The summed E-state index contributed by atoms with van der Waals surface area (Å²) in [5.41, 5.74) is 6.64. The van der Waals surface area contributed by atoms with Crippen molar-refractivity contribution >= 4 is 34.2 Å². The highest BCUT2D eigenvalue weighted by atomic mass is 32.2. The molecule has 0 spiro atoms. The topological polar surface area (TPSA) is 96.5 Å². The minimum atomic E-state index is -1.25. The largest absolute Gasteiger partial charge is 0.491 e. The SMILES string of the molecule is CCCCOCCOc1ccc(-c2ccc3c(c2)C=C(C(=O)Nc2ccc(S(=O)C(CCC)c4cnc[nH]4)cc2)CCCN3CC(C)C)cc1. The van der Waals surface area contributed by atoms with Crippen LogP contribution in [0, 0.1) is 5.92 Å². The number of nitrogens with zero attached hydrogens (tertiary/aromatic N) is 2. The van der Waals surface area contributed by atoms with E-state index in [0.717, 1.165) is 96.1 Å². The zero-order chi connectivity index (χ0) is 35.3. The first-order chi connectivity index (χ1) is 24.4. The third kappa shape index (κ3) is 10.2. The average Bonchev–Trinajstić information content (AvgIpc) is 3.65. The molecular weight excluding hydrogens is 645 g/mol. The molecule has 9 heteroatoms. The van der Waals surface area contributed by atoms with Crippen molar-refractivity contribution in [2.45, 2.75) is 76.4 Å². The van der Waals surface area contributed by atoms with Crippen molar-refractivity contribution < 1.29 is 18.5 Å². The molecule has 50 heavy (non-hydrogen) atoms. The summed E-state index contributed by atoms with van der Waals surface area (Å²) in [5, 5.41) is 2.95. The van der Waals surface area contributed by atoms with Gasteiger partial charge in [0.25, 0.3) is 5.91 Å². The lowest BCUT2D eigenvalue weighted by molar-refractivity contribution is -0.112. The second-order valence-electron chi connectivity index (χ2n) is 13.3. The lowest BCUT2D eigenvalue weighted by atomic mass is 9.96. The number of aromatic amines is 1. The van der Waals surface area contributed by atoms with Gasteiger partial charge in [0.15, 0.2) is 0 Å². The van der Waals surface area contributed by atoms with Gasteiger partial charge in [0.2, 0.25) is 0 Å². The van der Waals surface area contributed by atoms with Crippen molar-refractivity contribution in [1.29, 1.82) is 0 Å². The molecule has 1 aliphatic rings. The van der Waals surface area contributed by atoms with Crippen LogP contribution >= 0.6 is 0 Å². The van der Waals surface area contributed by atoms with Gasteiger partial charge >= 0.3 is 0 Å². The molecule has 2 atom stereocenters. The number of hydrogen-bond acceptors (Lipinski definition) is 6. The van der Waals surface area contributed by atoms with E-state index in [4.69, 9.17) is 9.47 Å². The fourth-order valence-electron chi connectivity index (χ4n) is 6.23. The van der Waals surface area contributed by atoms with Crippen molar-refractivity contribution in [3.8, 4) is 16.9 Å². The Morgan fingerprint density at radius 2 is 1.76 bits per heavy atom. The van der Waals surface area contributed by atoms with E-state index >= 15 is 0 Å². The van der Waals surface area contributed by atoms with Crippen LogP contribution in [-0.4, -0.2) is 53.0 Å². The van der Waals surface area contributed by atoms with Gasteiger partial charge < -0.3 is 24.7 Å². The van der Waals surface area contributed by atoms with Crippen LogP contribution in [0.5, 0.6) is 5.75 Å². The number of amides is 1. The van der Waals surface area contributed by atoms with Gasteiger partial charge in [-0.3, -0.25) is 9.00 Å². The normalized spacial score (nSPS) is 14.3. The van der Waals surface area contributed by atoms with Crippen LogP contribution in [0.3, 0.4) is 0 Å². The fourth-order valence-corrected chi connectivity index (χ4v) is 7.77. The Morgan fingerprint density at radius 1 is 0.980 bits per heavy atom. The Hall–Kier alpha value is -4.21. The van der Waals surface area contributed by atoms with Crippen molar-refractivity contribution in [2.75, 3.05) is 43.1 Å². The molecule has 5 rings (SSSR count). The number of fused-ring (bicyclic) bond motifs is 1. The molecule has 0 aliphatic carbocycles. The summed E-state index contributed by atoms with van der Waals surface area (Å²) < 4.78 is 25.0. The van der Waals surface area contributed by atoms with E-state index in [9.17, 15) is 9.00 Å². The highest BCUT2D eigenvalue weighted by Crippen LogP contribution is 2.34. The molecule has 0 saturated heterocycles.